The normalized spacial score (nSPS) is 10.1. The summed E-state index contributed by atoms with van der Waals surface area (Å²) in [5.74, 6) is 0.0794. The highest BCUT2D eigenvalue weighted by molar-refractivity contribution is 6.30. The van der Waals surface area contributed by atoms with Gasteiger partial charge >= 0.3 is 5.97 Å². The number of anilines is 1. The van der Waals surface area contributed by atoms with Crippen LogP contribution >= 0.6 is 11.6 Å². The largest absolute Gasteiger partial charge is 0.487 e. The van der Waals surface area contributed by atoms with E-state index in [2.05, 4.69) is 4.74 Å². The first kappa shape index (κ1) is 14.2. The van der Waals surface area contributed by atoms with E-state index in [1.165, 1.54) is 13.2 Å². The minimum absolute atomic E-state index is 0.350. The number of carbonyl (C=O) groups is 1. The number of benzene rings is 2. The van der Waals surface area contributed by atoms with Gasteiger partial charge in [0.15, 0.2) is 0 Å². The van der Waals surface area contributed by atoms with E-state index in [0.29, 0.717) is 28.6 Å². The van der Waals surface area contributed by atoms with Crippen LogP contribution in [0.3, 0.4) is 0 Å². The van der Waals surface area contributed by atoms with Crippen molar-refractivity contribution in [3.05, 3.63) is 58.6 Å². The molecule has 104 valence electrons. The summed E-state index contributed by atoms with van der Waals surface area (Å²) in [5, 5.41) is 0.653. The molecule has 0 heterocycles. The summed E-state index contributed by atoms with van der Waals surface area (Å²) in [5.41, 5.74) is 7.56. The highest BCUT2D eigenvalue weighted by Gasteiger charge is 2.09. The van der Waals surface area contributed by atoms with Crippen molar-refractivity contribution in [1.82, 2.24) is 0 Å². The van der Waals surface area contributed by atoms with E-state index in [9.17, 15) is 4.79 Å². The van der Waals surface area contributed by atoms with Crippen molar-refractivity contribution in [3.8, 4) is 5.75 Å². The van der Waals surface area contributed by atoms with Gasteiger partial charge in [0, 0.05) is 5.02 Å². The fourth-order valence-electron chi connectivity index (χ4n) is 1.71. The van der Waals surface area contributed by atoms with Crippen molar-refractivity contribution >= 4 is 23.3 Å². The molecule has 0 spiro atoms. The van der Waals surface area contributed by atoms with Crippen LogP contribution in [-0.4, -0.2) is 13.1 Å². The summed E-state index contributed by atoms with van der Waals surface area (Å²) < 4.78 is 10.2. The Morgan fingerprint density at radius 3 is 2.70 bits per heavy atom. The second kappa shape index (κ2) is 6.30. The van der Waals surface area contributed by atoms with Gasteiger partial charge in [0.05, 0.1) is 18.4 Å². The first-order valence-corrected chi connectivity index (χ1v) is 6.33. The number of nitrogen functional groups attached to an aromatic ring is 1. The smallest absolute Gasteiger partial charge is 0.337 e. The average Bonchev–Trinajstić information content (AvgIpc) is 2.45. The lowest BCUT2D eigenvalue weighted by molar-refractivity contribution is 0.0600. The number of hydrogen-bond donors (Lipinski definition) is 1. The summed E-state index contributed by atoms with van der Waals surface area (Å²) in [7, 11) is 1.32. The molecule has 2 aromatic carbocycles. The van der Waals surface area contributed by atoms with E-state index in [1.54, 1.807) is 18.2 Å². The Hall–Kier alpha value is -2.20. The molecule has 0 aliphatic carbocycles. The Labute approximate surface area is 122 Å². The van der Waals surface area contributed by atoms with E-state index < -0.39 is 5.97 Å². The highest BCUT2D eigenvalue weighted by Crippen LogP contribution is 2.24. The van der Waals surface area contributed by atoms with Crippen LogP contribution in [0.1, 0.15) is 15.9 Å². The van der Waals surface area contributed by atoms with Crippen molar-refractivity contribution < 1.29 is 14.3 Å². The first-order chi connectivity index (χ1) is 9.60. The molecule has 0 bridgehead atoms. The summed E-state index contributed by atoms with van der Waals surface area (Å²) in [4.78, 5) is 11.4. The summed E-state index contributed by atoms with van der Waals surface area (Å²) >= 11 is 5.90. The van der Waals surface area contributed by atoms with E-state index in [4.69, 9.17) is 22.1 Å². The Morgan fingerprint density at radius 1 is 1.25 bits per heavy atom. The van der Waals surface area contributed by atoms with Crippen molar-refractivity contribution in [2.75, 3.05) is 12.8 Å². The summed E-state index contributed by atoms with van der Waals surface area (Å²) in [6.45, 7) is 0.350. The predicted octanol–water partition coefficient (Wildman–Crippen LogP) is 3.29. The number of esters is 1. The molecule has 0 saturated heterocycles. The molecule has 5 heteroatoms. The average molecular weight is 292 g/mol. The Bertz CT molecular complexity index is 628. The maximum Gasteiger partial charge on any atom is 0.337 e. The molecule has 0 saturated carbocycles. The second-order valence-corrected chi connectivity index (χ2v) is 4.60. The Kier molecular flexibility index (Phi) is 4.48. The predicted molar refractivity (Wildman–Crippen MR) is 78.0 cm³/mol. The van der Waals surface area contributed by atoms with Gasteiger partial charge in [0.2, 0.25) is 0 Å². The van der Waals surface area contributed by atoms with Crippen LogP contribution < -0.4 is 10.5 Å². The van der Waals surface area contributed by atoms with Crippen molar-refractivity contribution in [3.63, 3.8) is 0 Å². The SMILES string of the molecule is COC(=O)c1ccc(OCc2cccc(Cl)c2)c(N)c1. The molecule has 0 radical (unpaired) electrons. The van der Waals surface area contributed by atoms with Crippen LogP contribution in [0, 0.1) is 0 Å². The number of nitrogens with two attached hydrogens (primary N) is 1. The maximum atomic E-state index is 11.4. The zero-order valence-corrected chi connectivity index (χ0v) is 11.7. The van der Waals surface area contributed by atoms with Gasteiger partial charge < -0.3 is 15.2 Å². The van der Waals surface area contributed by atoms with E-state index >= 15 is 0 Å². The van der Waals surface area contributed by atoms with Gasteiger partial charge in [-0.05, 0) is 35.9 Å². The number of hydrogen-bond acceptors (Lipinski definition) is 4. The molecule has 0 aliphatic rings. The molecule has 4 nitrogen and oxygen atoms in total. The molecular formula is C15H14ClNO3. The second-order valence-electron chi connectivity index (χ2n) is 4.16. The van der Waals surface area contributed by atoms with Crippen molar-refractivity contribution in [2.45, 2.75) is 6.61 Å². The van der Waals surface area contributed by atoms with Crippen LogP contribution in [0.4, 0.5) is 5.69 Å². The zero-order valence-electron chi connectivity index (χ0n) is 10.9. The molecule has 2 aromatic rings. The monoisotopic (exact) mass is 291 g/mol. The lowest BCUT2D eigenvalue weighted by Gasteiger charge is -2.10. The highest BCUT2D eigenvalue weighted by atomic mass is 35.5. The Balaban J connectivity index is 2.08. The third-order valence-electron chi connectivity index (χ3n) is 2.71. The first-order valence-electron chi connectivity index (χ1n) is 5.95. The molecule has 20 heavy (non-hydrogen) atoms. The quantitative estimate of drug-likeness (QED) is 0.693. The third-order valence-corrected chi connectivity index (χ3v) is 2.95. The number of carbonyl (C=O) groups excluding carboxylic acids is 1. The summed E-state index contributed by atoms with van der Waals surface area (Å²) in [6, 6.07) is 12.2. The van der Waals surface area contributed by atoms with Crippen molar-refractivity contribution in [2.24, 2.45) is 0 Å². The van der Waals surface area contributed by atoms with Gasteiger partial charge in [0.25, 0.3) is 0 Å². The minimum Gasteiger partial charge on any atom is -0.487 e. The molecule has 0 fully saturated rings. The van der Waals surface area contributed by atoms with Gasteiger partial charge in [-0.3, -0.25) is 0 Å². The Morgan fingerprint density at radius 2 is 2.05 bits per heavy atom. The maximum absolute atomic E-state index is 11.4. The van der Waals surface area contributed by atoms with Crippen LogP contribution in [0.2, 0.25) is 5.02 Å². The van der Waals surface area contributed by atoms with E-state index in [1.807, 2.05) is 18.2 Å². The molecule has 2 N–H and O–H groups in total. The van der Waals surface area contributed by atoms with E-state index in [-0.39, 0.29) is 0 Å². The van der Waals surface area contributed by atoms with Crippen LogP contribution in [0.25, 0.3) is 0 Å². The zero-order chi connectivity index (χ0) is 14.5. The molecule has 0 unspecified atom stereocenters. The van der Waals surface area contributed by atoms with Gasteiger partial charge in [-0.15, -0.1) is 0 Å². The lowest BCUT2D eigenvalue weighted by atomic mass is 10.2. The van der Waals surface area contributed by atoms with Crippen LogP contribution in [0.15, 0.2) is 42.5 Å². The summed E-state index contributed by atoms with van der Waals surface area (Å²) in [6.07, 6.45) is 0. The minimum atomic E-state index is -0.432. The number of methoxy groups -OCH3 is 1. The fourth-order valence-corrected chi connectivity index (χ4v) is 1.93. The third kappa shape index (κ3) is 3.42. The number of rotatable bonds is 4. The molecule has 0 aromatic heterocycles. The van der Waals surface area contributed by atoms with E-state index in [0.717, 1.165) is 5.56 Å². The van der Waals surface area contributed by atoms with Crippen molar-refractivity contribution in [1.29, 1.82) is 0 Å². The van der Waals surface area contributed by atoms with Gasteiger partial charge in [0.1, 0.15) is 12.4 Å². The van der Waals surface area contributed by atoms with Gasteiger partial charge in [-0.2, -0.15) is 0 Å². The molecule has 0 amide bonds. The molecule has 0 atom stereocenters. The number of halogens is 1. The number of ether oxygens (including phenoxy) is 2. The molecular weight excluding hydrogens is 278 g/mol. The van der Waals surface area contributed by atoms with Crippen LogP contribution in [-0.2, 0) is 11.3 Å². The fraction of sp³-hybridized carbons (Fsp3) is 0.133. The van der Waals surface area contributed by atoms with Crippen LogP contribution in [0.5, 0.6) is 5.75 Å². The molecule has 0 aliphatic heterocycles. The van der Waals surface area contributed by atoms with Gasteiger partial charge in [-0.1, -0.05) is 23.7 Å². The standard InChI is InChI=1S/C15H14ClNO3/c1-19-15(18)11-5-6-14(13(17)8-11)20-9-10-3-2-4-12(16)7-10/h2-8H,9,17H2,1H3. The topological polar surface area (TPSA) is 61.5 Å². The lowest BCUT2D eigenvalue weighted by Crippen LogP contribution is -2.04. The molecule has 2 rings (SSSR count). The van der Waals surface area contributed by atoms with Gasteiger partial charge in [-0.25, -0.2) is 4.79 Å².